The molecule has 2 heterocycles. The standard InChI is InChI=1S/C24H26F3N7O2/c1-33-6-8-34(9-7-33)14-16-10-17(24(25,26)27)12-19(11-16)32-23(35)31-18-2-4-20(5-3-18)36-22-13-21(28)29-15-30-22/h2-5,10-13,15H,6-9,14H2,1H3,(H2,28,29,30)(H2,31,32,35). The smallest absolute Gasteiger partial charge is 0.416 e. The van der Waals surface area contributed by atoms with Gasteiger partial charge in [0.1, 0.15) is 17.9 Å². The number of carbonyl (C=O) groups is 1. The topological polar surface area (TPSA) is 109 Å². The van der Waals surface area contributed by atoms with Crippen LogP contribution in [0.3, 0.4) is 0 Å². The Morgan fingerprint density at radius 1 is 1.00 bits per heavy atom. The summed E-state index contributed by atoms with van der Waals surface area (Å²) in [4.78, 5) is 24.5. The van der Waals surface area contributed by atoms with E-state index in [1.54, 1.807) is 30.3 Å². The third-order valence-corrected chi connectivity index (χ3v) is 5.58. The molecule has 1 aliphatic heterocycles. The first-order chi connectivity index (χ1) is 17.1. The molecule has 1 aliphatic rings. The van der Waals surface area contributed by atoms with E-state index >= 15 is 0 Å². The van der Waals surface area contributed by atoms with Gasteiger partial charge in [-0.1, -0.05) is 0 Å². The molecule has 1 fully saturated rings. The van der Waals surface area contributed by atoms with Crippen molar-refractivity contribution in [3.05, 3.63) is 66.0 Å². The Morgan fingerprint density at radius 3 is 2.36 bits per heavy atom. The van der Waals surface area contributed by atoms with Crippen molar-refractivity contribution >= 4 is 23.2 Å². The van der Waals surface area contributed by atoms with Gasteiger partial charge in [-0.25, -0.2) is 14.8 Å². The Hall–Kier alpha value is -3.90. The number of likely N-dealkylation sites (N-methyl/N-ethyl adjacent to an activating group) is 1. The van der Waals surface area contributed by atoms with Crippen molar-refractivity contribution in [1.29, 1.82) is 0 Å². The van der Waals surface area contributed by atoms with Crippen molar-refractivity contribution in [2.24, 2.45) is 0 Å². The maximum Gasteiger partial charge on any atom is 0.416 e. The average Bonchev–Trinajstić information content (AvgIpc) is 2.81. The van der Waals surface area contributed by atoms with E-state index in [-0.39, 0.29) is 17.4 Å². The molecule has 36 heavy (non-hydrogen) atoms. The predicted molar refractivity (Wildman–Crippen MR) is 130 cm³/mol. The maximum atomic E-state index is 13.5. The second kappa shape index (κ2) is 10.8. The molecule has 2 amide bonds. The van der Waals surface area contributed by atoms with Crippen molar-refractivity contribution in [1.82, 2.24) is 19.8 Å². The van der Waals surface area contributed by atoms with Gasteiger partial charge in [0.15, 0.2) is 0 Å². The summed E-state index contributed by atoms with van der Waals surface area (Å²) >= 11 is 0. The molecule has 2 aromatic carbocycles. The Kier molecular flexibility index (Phi) is 7.55. The molecule has 0 saturated carbocycles. The number of halogens is 3. The number of nitrogens with two attached hydrogens (primary N) is 1. The van der Waals surface area contributed by atoms with Gasteiger partial charge in [-0.2, -0.15) is 13.2 Å². The van der Waals surface area contributed by atoms with Crippen LogP contribution in [-0.2, 0) is 12.7 Å². The molecule has 0 spiro atoms. The van der Waals surface area contributed by atoms with Gasteiger partial charge in [0.25, 0.3) is 0 Å². The van der Waals surface area contributed by atoms with Crippen molar-refractivity contribution in [2.75, 3.05) is 49.6 Å². The van der Waals surface area contributed by atoms with Crippen molar-refractivity contribution in [3.8, 4) is 11.6 Å². The van der Waals surface area contributed by atoms with Gasteiger partial charge in [0.2, 0.25) is 5.88 Å². The van der Waals surface area contributed by atoms with Gasteiger partial charge in [-0.3, -0.25) is 4.90 Å². The highest BCUT2D eigenvalue weighted by molar-refractivity contribution is 5.99. The molecule has 0 aliphatic carbocycles. The number of alkyl halides is 3. The number of hydrogen-bond donors (Lipinski definition) is 3. The summed E-state index contributed by atoms with van der Waals surface area (Å²) in [5.41, 5.74) is 5.76. The summed E-state index contributed by atoms with van der Waals surface area (Å²) in [6.45, 7) is 3.60. The van der Waals surface area contributed by atoms with Crippen LogP contribution < -0.4 is 21.1 Å². The number of nitrogen functional groups attached to an aromatic ring is 1. The van der Waals surface area contributed by atoms with Crippen LogP contribution in [0.25, 0.3) is 0 Å². The number of nitrogens with zero attached hydrogens (tertiary/aromatic N) is 4. The van der Waals surface area contributed by atoms with E-state index in [9.17, 15) is 18.0 Å². The van der Waals surface area contributed by atoms with Crippen LogP contribution in [-0.4, -0.2) is 59.0 Å². The summed E-state index contributed by atoms with van der Waals surface area (Å²) in [7, 11) is 2.01. The minimum atomic E-state index is -4.53. The third-order valence-electron chi connectivity index (χ3n) is 5.58. The number of nitrogens with one attached hydrogen (secondary N) is 2. The molecule has 0 atom stereocenters. The van der Waals surface area contributed by atoms with Crippen molar-refractivity contribution < 1.29 is 22.7 Å². The van der Waals surface area contributed by atoms with E-state index in [1.165, 1.54) is 12.4 Å². The van der Waals surface area contributed by atoms with E-state index in [0.717, 1.165) is 38.3 Å². The lowest BCUT2D eigenvalue weighted by molar-refractivity contribution is -0.137. The molecule has 0 radical (unpaired) electrons. The third kappa shape index (κ3) is 7.06. The molecular weight excluding hydrogens is 475 g/mol. The van der Waals surface area contributed by atoms with E-state index in [2.05, 4.69) is 30.4 Å². The average molecular weight is 502 g/mol. The largest absolute Gasteiger partial charge is 0.439 e. The first kappa shape index (κ1) is 25.2. The van der Waals surface area contributed by atoms with Crippen molar-refractivity contribution in [3.63, 3.8) is 0 Å². The zero-order chi connectivity index (χ0) is 25.7. The molecule has 1 saturated heterocycles. The van der Waals surface area contributed by atoms with Gasteiger partial charge < -0.3 is 26.0 Å². The number of amides is 2. The second-order valence-corrected chi connectivity index (χ2v) is 8.48. The number of hydrogen-bond acceptors (Lipinski definition) is 7. The molecule has 0 unspecified atom stereocenters. The summed E-state index contributed by atoms with van der Waals surface area (Å²) in [6, 6.07) is 10.8. The molecule has 3 aromatic rings. The fraction of sp³-hybridized carbons (Fsp3) is 0.292. The molecule has 0 bridgehead atoms. The number of anilines is 3. The van der Waals surface area contributed by atoms with Gasteiger partial charge in [0.05, 0.1) is 5.56 Å². The predicted octanol–water partition coefficient (Wildman–Crippen LogP) is 4.26. The molecule has 4 rings (SSSR count). The number of urea groups is 1. The minimum absolute atomic E-state index is 0.0627. The summed E-state index contributed by atoms with van der Waals surface area (Å²) in [6.07, 6.45) is -3.26. The number of ether oxygens (including phenoxy) is 1. The van der Waals surface area contributed by atoms with E-state index < -0.39 is 17.8 Å². The maximum absolute atomic E-state index is 13.5. The lowest BCUT2D eigenvalue weighted by Crippen LogP contribution is -2.43. The van der Waals surface area contributed by atoms with Crippen LogP contribution in [0.2, 0.25) is 0 Å². The first-order valence-corrected chi connectivity index (χ1v) is 11.2. The second-order valence-electron chi connectivity index (χ2n) is 8.48. The summed E-state index contributed by atoms with van der Waals surface area (Å²) in [5, 5.41) is 5.12. The summed E-state index contributed by atoms with van der Waals surface area (Å²) < 4.78 is 46.1. The van der Waals surface area contributed by atoms with Gasteiger partial charge in [-0.15, -0.1) is 0 Å². The fourth-order valence-electron chi connectivity index (χ4n) is 3.71. The Bertz CT molecular complexity index is 1200. The lowest BCUT2D eigenvalue weighted by atomic mass is 10.1. The van der Waals surface area contributed by atoms with Crippen LogP contribution in [0, 0.1) is 0 Å². The van der Waals surface area contributed by atoms with E-state index in [0.29, 0.717) is 23.5 Å². The quantitative estimate of drug-likeness (QED) is 0.463. The highest BCUT2D eigenvalue weighted by Gasteiger charge is 2.31. The normalized spacial score (nSPS) is 14.9. The Balaban J connectivity index is 1.41. The van der Waals surface area contributed by atoms with Crippen LogP contribution >= 0.6 is 0 Å². The number of benzene rings is 2. The first-order valence-electron chi connectivity index (χ1n) is 11.2. The van der Waals surface area contributed by atoms with E-state index in [1.807, 2.05) is 7.05 Å². The minimum Gasteiger partial charge on any atom is -0.439 e. The lowest BCUT2D eigenvalue weighted by Gasteiger charge is -2.32. The van der Waals surface area contributed by atoms with Crippen LogP contribution in [0.15, 0.2) is 54.9 Å². The highest BCUT2D eigenvalue weighted by atomic mass is 19.4. The Morgan fingerprint density at radius 2 is 1.69 bits per heavy atom. The zero-order valence-corrected chi connectivity index (χ0v) is 19.5. The molecule has 9 nitrogen and oxygen atoms in total. The fourth-order valence-corrected chi connectivity index (χ4v) is 3.71. The molecule has 12 heteroatoms. The van der Waals surface area contributed by atoms with Gasteiger partial charge in [0, 0.05) is 50.2 Å². The molecule has 190 valence electrons. The summed E-state index contributed by atoms with van der Waals surface area (Å²) in [5.74, 6) is 0.972. The number of rotatable bonds is 6. The van der Waals surface area contributed by atoms with Gasteiger partial charge in [-0.05, 0) is 55.1 Å². The number of piperazine rings is 1. The van der Waals surface area contributed by atoms with Crippen LogP contribution in [0.5, 0.6) is 11.6 Å². The number of carbonyl (C=O) groups excluding carboxylic acids is 1. The highest BCUT2D eigenvalue weighted by Crippen LogP contribution is 2.32. The monoisotopic (exact) mass is 501 g/mol. The molecular formula is C24H26F3N7O2. The number of aromatic nitrogens is 2. The SMILES string of the molecule is CN1CCN(Cc2cc(NC(=O)Nc3ccc(Oc4cc(N)ncn4)cc3)cc(C(F)(F)F)c2)CC1. The van der Waals surface area contributed by atoms with Crippen LogP contribution in [0.1, 0.15) is 11.1 Å². The van der Waals surface area contributed by atoms with E-state index in [4.69, 9.17) is 10.5 Å². The van der Waals surface area contributed by atoms with Crippen molar-refractivity contribution in [2.45, 2.75) is 12.7 Å². The molecule has 4 N–H and O–H groups in total. The van der Waals surface area contributed by atoms with Gasteiger partial charge >= 0.3 is 12.2 Å². The Labute approximate surface area is 206 Å². The molecule has 1 aromatic heterocycles. The van der Waals surface area contributed by atoms with Crippen LogP contribution in [0.4, 0.5) is 35.2 Å². The zero-order valence-electron chi connectivity index (χ0n) is 19.5.